The SMILES string of the molecule is CCOC(=O)[C@@H]1CCC/C1=N/NC(=O)CSCc1ccccc1Br. The fourth-order valence-corrected chi connectivity index (χ4v) is 3.93. The summed E-state index contributed by atoms with van der Waals surface area (Å²) < 4.78 is 6.09. The van der Waals surface area contributed by atoms with Crippen LogP contribution in [0.5, 0.6) is 0 Å². The summed E-state index contributed by atoms with van der Waals surface area (Å²) in [6, 6.07) is 7.94. The number of ether oxygens (including phenoxy) is 1. The molecule has 1 aliphatic carbocycles. The molecule has 0 spiro atoms. The predicted octanol–water partition coefficient (Wildman–Crippen LogP) is 3.52. The van der Waals surface area contributed by atoms with Gasteiger partial charge in [0.15, 0.2) is 0 Å². The van der Waals surface area contributed by atoms with Gasteiger partial charge in [-0.2, -0.15) is 5.10 Å². The summed E-state index contributed by atoms with van der Waals surface area (Å²) in [7, 11) is 0. The minimum atomic E-state index is -0.307. The van der Waals surface area contributed by atoms with Gasteiger partial charge in [0.2, 0.25) is 5.91 Å². The molecule has 1 aliphatic rings. The summed E-state index contributed by atoms with van der Waals surface area (Å²) in [6.07, 6.45) is 2.37. The molecule has 0 heterocycles. The van der Waals surface area contributed by atoms with E-state index < -0.39 is 0 Å². The third-order valence-electron chi connectivity index (χ3n) is 3.67. The first kappa shape index (κ1) is 19.0. The van der Waals surface area contributed by atoms with Gasteiger partial charge in [-0.1, -0.05) is 34.1 Å². The maximum Gasteiger partial charge on any atom is 0.314 e. The van der Waals surface area contributed by atoms with Crippen LogP contribution in [-0.2, 0) is 20.1 Å². The summed E-state index contributed by atoms with van der Waals surface area (Å²) >= 11 is 5.02. The van der Waals surface area contributed by atoms with Crippen LogP contribution in [-0.4, -0.2) is 29.9 Å². The van der Waals surface area contributed by atoms with Crippen LogP contribution in [0.2, 0.25) is 0 Å². The van der Waals surface area contributed by atoms with Crippen molar-refractivity contribution >= 4 is 45.3 Å². The highest BCUT2D eigenvalue weighted by molar-refractivity contribution is 9.10. The zero-order valence-corrected chi connectivity index (χ0v) is 16.0. The molecule has 1 fully saturated rings. The molecule has 0 aromatic heterocycles. The number of amides is 1. The fraction of sp³-hybridized carbons (Fsp3) is 0.471. The van der Waals surface area contributed by atoms with Crippen LogP contribution in [0.4, 0.5) is 0 Å². The predicted molar refractivity (Wildman–Crippen MR) is 99.9 cm³/mol. The molecule has 1 aromatic rings. The summed E-state index contributed by atoms with van der Waals surface area (Å²) in [5, 5.41) is 4.14. The topological polar surface area (TPSA) is 67.8 Å². The van der Waals surface area contributed by atoms with E-state index in [4.69, 9.17) is 4.74 Å². The molecular weight excluding hydrogens is 392 g/mol. The molecule has 0 saturated heterocycles. The number of hydrogen-bond donors (Lipinski definition) is 1. The Kier molecular flexibility index (Phi) is 7.78. The third-order valence-corrected chi connectivity index (χ3v) is 5.43. The maximum atomic E-state index is 11.9. The number of carbonyl (C=O) groups is 2. The van der Waals surface area contributed by atoms with Crippen molar-refractivity contribution in [2.45, 2.75) is 31.9 Å². The highest BCUT2D eigenvalue weighted by atomic mass is 79.9. The Morgan fingerprint density at radius 2 is 2.21 bits per heavy atom. The van der Waals surface area contributed by atoms with Crippen molar-refractivity contribution in [1.29, 1.82) is 0 Å². The first-order valence-corrected chi connectivity index (χ1v) is 9.89. The van der Waals surface area contributed by atoms with E-state index >= 15 is 0 Å². The van der Waals surface area contributed by atoms with E-state index in [9.17, 15) is 9.59 Å². The van der Waals surface area contributed by atoms with Crippen molar-refractivity contribution in [2.24, 2.45) is 11.0 Å². The van der Waals surface area contributed by atoms with E-state index in [1.165, 1.54) is 11.8 Å². The monoisotopic (exact) mass is 412 g/mol. The molecule has 0 aliphatic heterocycles. The van der Waals surface area contributed by atoms with E-state index in [1.807, 2.05) is 24.3 Å². The van der Waals surface area contributed by atoms with Crippen LogP contribution in [0, 0.1) is 5.92 Å². The van der Waals surface area contributed by atoms with E-state index in [-0.39, 0.29) is 17.8 Å². The van der Waals surface area contributed by atoms with Gasteiger partial charge in [0.05, 0.1) is 24.0 Å². The number of benzene rings is 1. The van der Waals surface area contributed by atoms with E-state index in [0.29, 0.717) is 12.4 Å². The smallest absolute Gasteiger partial charge is 0.314 e. The number of halogens is 1. The Labute approximate surface area is 154 Å². The Balaban J connectivity index is 1.78. The van der Waals surface area contributed by atoms with Crippen molar-refractivity contribution < 1.29 is 14.3 Å². The summed E-state index contributed by atoms with van der Waals surface area (Å²) in [6.45, 7) is 2.15. The van der Waals surface area contributed by atoms with Crippen LogP contribution in [0.3, 0.4) is 0 Å². The number of nitrogens with one attached hydrogen (secondary N) is 1. The molecule has 1 atom stereocenters. The van der Waals surface area contributed by atoms with Crippen LogP contribution in [0.1, 0.15) is 31.7 Å². The number of thioether (sulfide) groups is 1. The zero-order chi connectivity index (χ0) is 17.4. The summed E-state index contributed by atoms with van der Waals surface area (Å²) in [5.74, 6) is 0.359. The number of nitrogens with zero attached hydrogens (tertiary/aromatic N) is 1. The largest absolute Gasteiger partial charge is 0.465 e. The van der Waals surface area contributed by atoms with E-state index in [2.05, 4.69) is 26.5 Å². The van der Waals surface area contributed by atoms with E-state index in [1.54, 1.807) is 6.92 Å². The fourth-order valence-electron chi connectivity index (χ4n) is 2.49. The molecule has 1 amide bonds. The number of rotatable bonds is 7. The Bertz CT molecular complexity index is 622. The minimum Gasteiger partial charge on any atom is -0.465 e. The maximum absolute atomic E-state index is 11.9. The van der Waals surface area contributed by atoms with Gasteiger partial charge in [-0.3, -0.25) is 9.59 Å². The number of hydrogen-bond acceptors (Lipinski definition) is 5. The van der Waals surface area contributed by atoms with Gasteiger partial charge in [0, 0.05) is 10.2 Å². The Morgan fingerprint density at radius 1 is 1.42 bits per heavy atom. The van der Waals surface area contributed by atoms with Crippen molar-refractivity contribution in [3.05, 3.63) is 34.3 Å². The second kappa shape index (κ2) is 9.84. The third kappa shape index (κ3) is 5.63. The summed E-state index contributed by atoms with van der Waals surface area (Å²) in [4.78, 5) is 23.7. The van der Waals surface area contributed by atoms with Crippen LogP contribution in [0.15, 0.2) is 33.8 Å². The lowest BCUT2D eigenvalue weighted by atomic mass is 10.1. The van der Waals surface area contributed by atoms with Gasteiger partial charge in [0.1, 0.15) is 0 Å². The minimum absolute atomic E-state index is 0.158. The van der Waals surface area contributed by atoms with Crippen LogP contribution >= 0.6 is 27.7 Å². The van der Waals surface area contributed by atoms with Crippen molar-refractivity contribution in [2.75, 3.05) is 12.4 Å². The Hall–Kier alpha value is -1.34. The molecule has 1 N–H and O–H groups in total. The van der Waals surface area contributed by atoms with Crippen molar-refractivity contribution in [3.8, 4) is 0 Å². The molecular formula is C17H21BrN2O3S. The molecule has 5 nitrogen and oxygen atoms in total. The number of hydrazone groups is 1. The molecule has 130 valence electrons. The van der Waals surface area contributed by atoms with Gasteiger partial charge in [-0.05, 0) is 37.8 Å². The molecule has 0 unspecified atom stereocenters. The van der Waals surface area contributed by atoms with Gasteiger partial charge >= 0.3 is 5.97 Å². The van der Waals surface area contributed by atoms with Gasteiger partial charge in [-0.25, -0.2) is 5.43 Å². The molecule has 2 rings (SSSR count). The van der Waals surface area contributed by atoms with Crippen molar-refractivity contribution in [1.82, 2.24) is 5.43 Å². The number of esters is 1. The molecule has 1 saturated carbocycles. The Morgan fingerprint density at radius 3 is 2.96 bits per heavy atom. The second-order valence-electron chi connectivity index (χ2n) is 5.42. The molecule has 24 heavy (non-hydrogen) atoms. The lowest BCUT2D eigenvalue weighted by Crippen LogP contribution is -2.26. The molecule has 0 radical (unpaired) electrons. The quantitative estimate of drug-likeness (QED) is 0.549. The normalized spacial score (nSPS) is 18.6. The molecule has 0 bridgehead atoms. The van der Waals surface area contributed by atoms with Gasteiger partial charge in [0.25, 0.3) is 0 Å². The molecule has 1 aromatic carbocycles. The van der Waals surface area contributed by atoms with Gasteiger partial charge in [-0.15, -0.1) is 11.8 Å². The molecule has 7 heteroatoms. The lowest BCUT2D eigenvalue weighted by Gasteiger charge is -2.10. The second-order valence-corrected chi connectivity index (χ2v) is 7.26. The lowest BCUT2D eigenvalue weighted by molar-refractivity contribution is -0.145. The van der Waals surface area contributed by atoms with Crippen molar-refractivity contribution in [3.63, 3.8) is 0 Å². The average Bonchev–Trinajstić information content (AvgIpc) is 3.03. The standard InChI is InChI=1S/C17H21BrN2O3S/c1-2-23-17(22)13-7-5-9-15(13)19-20-16(21)11-24-10-12-6-3-4-8-14(12)18/h3-4,6,8,13H,2,5,7,9-11H2,1H3,(H,20,21)/b19-15-/t13-/m1/s1. The van der Waals surface area contributed by atoms with E-state index in [0.717, 1.165) is 40.8 Å². The first-order valence-electron chi connectivity index (χ1n) is 7.95. The van der Waals surface area contributed by atoms with Crippen LogP contribution < -0.4 is 5.43 Å². The zero-order valence-electron chi connectivity index (χ0n) is 13.6. The summed E-state index contributed by atoms with van der Waals surface area (Å²) in [5.41, 5.74) is 4.43. The highest BCUT2D eigenvalue weighted by Gasteiger charge is 2.30. The average molecular weight is 413 g/mol. The highest BCUT2D eigenvalue weighted by Crippen LogP contribution is 2.24. The van der Waals surface area contributed by atoms with Crippen LogP contribution in [0.25, 0.3) is 0 Å². The number of carbonyl (C=O) groups excluding carboxylic acids is 2. The first-order chi connectivity index (χ1) is 11.6. The van der Waals surface area contributed by atoms with Gasteiger partial charge < -0.3 is 4.74 Å².